The summed E-state index contributed by atoms with van der Waals surface area (Å²) in [5.74, 6) is 0. The lowest BCUT2D eigenvalue weighted by Gasteiger charge is -2.09. The summed E-state index contributed by atoms with van der Waals surface area (Å²) >= 11 is 5.96. The van der Waals surface area contributed by atoms with E-state index in [2.05, 4.69) is 9.82 Å². The molecule has 3 N–H and O–H groups in total. The van der Waals surface area contributed by atoms with Gasteiger partial charge in [-0.3, -0.25) is 0 Å². The zero-order chi connectivity index (χ0) is 14.9. The average molecular weight is 315 g/mol. The first kappa shape index (κ1) is 14.8. The van der Waals surface area contributed by atoms with Gasteiger partial charge in [-0.1, -0.05) is 18.5 Å². The Hall–Kier alpha value is -1.57. The Balaban J connectivity index is 2.55. The van der Waals surface area contributed by atoms with Gasteiger partial charge in [-0.05, 0) is 25.1 Å². The second-order valence-corrected chi connectivity index (χ2v) is 6.40. The molecule has 1 heterocycles. The van der Waals surface area contributed by atoms with Gasteiger partial charge in [-0.25, -0.2) is 17.8 Å². The lowest BCUT2D eigenvalue weighted by atomic mass is 10.3. The quantitative estimate of drug-likeness (QED) is 0.841. The van der Waals surface area contributed by atoms with E-state index in [0.29, 0.717) is 28.6 Å². The number of anilines is 1. The lowest BCUT2D eigenvalue weighted by Crippen LogP contribution is -2.23. The van der Waals surface area contributed by atoms with Gasteiger partial charge in [-0.15, -0.1) is 0 Å². The average Bonchev–Trinajstić information content (AvgIpc) is 2.69. The van der Waals surface area contributed by atoms with Crippen molar-refractivity contribution in [3.05, 3.63) is 35.1 Å². The number of hydrogen-bond acceptors (Lipinski definition) is 4. The van der Waals surface area contributed by atoms with Crippen LogP contribution in [0.4, 0.5) is 5.69 Å². The molecule has 0 fully saturated rings. The fourth-order valence-corrected chi connectivity index (χ4v) is 2.92. The van der Waals surface area contributed by atoms with E-state index in [4.69, 9.17) is 17.3 Å². The molecule has 0 amide bonds. The molecule has 0 aliphatic heterocycles. The molecule has 0 saturated heterocycles. The summed E-state index contributed by atoms with van der Waals surface area (Å²) in [6.45, 7) is 3.79. The molecule has 108 valence electrons. The molecule has 0 spiro atoms. The van der Waals surface area contributed by atoms with Crippen LogP contribution < -0.4 is 10.5 Å². The van der Waals surface area contributed by atoms with E-state index in [1.807, 2.05) is 0 Å². The van der Waals surface area contributed by atoms with Crippen LogP contribution in [0, 0.1) is 6.92 Å². The van der Waals surface area contributed by atoms with Gasteiger partial charge in [0.1, 0.15) is 0 Å². The Morgan fingerprint density at radius 3 is 2.70 bits per heavy atom. The summed E-state index contributed by atoms with van der Waals surface area (Å²) in [6.07, 6.45) is 1.59. The fourth-order valence-electron chi connectivity index (χ4n) is 1.72. The Morgan fingerprint density at radius 2 is 2.15 bits per heavy atom. The molecule has 0 unspecified atom stereocenters. The van der Waals surface area contributed by atoms with Crippen LogP contribution in [0.2, 0.25) is 5.02 Å². The Labute approximate surface area is 122 Å². The molecule has 0 saturated carbocycles. The smallest absolute Gasteiger partial charge is 0.240 e. The maximum atomic E-state index is 12.0. The molecule has 1 aromatic heterocycles. The molecule has 8 heteroatoms. The van der Waals surface area contributed by atoms with Gasteiger partial charge >= 0.3 is 0 Å². The van der Waals surface area contributed by atoms with Crippen molar-refractivity contribution in [2.45, 2.75) is 18.7 Å². The first-order chi connectivity index (χ1) is 9.35. The zero-order valence-corrected chi connectivity index (χ0v) is 12.7. The number of aromatic nitrogens is 2. The van der Waals surface area contributed by atoms with Crippen molar-refractivity contribution in [3.8, 4) is 5.69 Å². The molecular weight excluding hydrogens is 300 g/mol. The summed E-state index contributed by atoms with van der Waals surface area (Å²) in [5.41, 5.74) is 7.41. The topological polar surface area (TPSA) is 90.0 Å². The maximum Gasteiger partial charge on any atom is 0.240 e. The zero-order valence-electron chi connectivity index (χ0n) is 11.1. The molecule has 0 radical (unpaired) electrons. The van der Waals surface area contributed by atoms with Gasteiger partial charge in [0.25, 0.3) is 0 Å². The van der Waals surface area contributed by atoms with Crippen LogP contribution in [0.15, 0.2) is 29.3 Å². The van der Waals surface area contributed by atoms with Crippen LogP contribution in [-0.2, 0) is 10.0 Å². The molecule has 0 aliphatic rings. The molecule has 2 aromatic rings. The minimum absolute atomic E-state index is 0.132. The molecule has 6 nitrogen and oxygen atoms in total. The predicted octanol–water partition coefficient (Wildman–Crippen LogP) is 1.71. The SMILES string of the molecule is CCNS(=O)(=O)c1ccc(N)c(-n2cc(Cl)c(C)n2)c1. The summed E-state index contributed by atoms with van der Waals surface area (Å²) in [5, 5.41) is 4.69. The third-order valence-electron chi connectivity index (χ3n) is 2.73. The van der Waals surface area contributed by atoms with Crippen LogP contribution in [-0.4, -0.2) is 24.7 Å². The van der Waals surface area contributed by atoms with E-state index in [0.717, 1.165) is 0 Å². The van der Waals surface area contributed by atoms with E-state index in [9.17, 15) is 8.42 Å². The molecule has 0 bridgehead atoms. The van der Waals surface area contributed by atoms with Crippen molar-refractivity contribution < 1.29 is 8.42 Å². The number of rotatable bonds is 4. The minimum Gasteiger partial charge on any atom is -0.397 e. The number of nitrogens with one attached hydrogen (secondary N) is 1. The van der Waals surface area contributed by atoms with Gasteiger partial charge in [0.15, 0.2) is 0 Å². The molecular formula is C12H15ClN4O2S. The standard InChI is InChI=1S/C12H15ClN4O2S/c1-3-15-20(18,19)9-4-5-11(14)12(6-9)17-7-10(13)8(2)16-17/h4-7,15H,3,14H2,1-2H3. The molecule has 2 rings (SSSR count). The highest BCUT2D eigenvalue weighted by Gasteiger charge is 2.16. The van der Waals surface area contributed by atoms with Gasteiger partial charge < -0.3 is 5.73 Å². The second-order valence-electron chi connectivity index (χ2n) is 4.23. The normalized spacial score (nSPS) is 11.8. The third-order valence-corrected chi connectivity index (χ3v) is 4.65. The number of hydrogen-bond donors (Lipinski definition) is 2. The Morgan fingerprint density at radius 1 is 1.45 bits per heavy atom. The molecule has 20 heavy (non-hydrogen) atoms. The number of nitrogens with two attached hydrogens (primary N) is 1. The number of aryl methyl sites for hydroxylation is 1. The van der Waals surface area contributed by atoms with Crippen LogP contribution in [0.25, 0.3) is 5.69 Å². The predicted molar refractivity (Wildman–Crippen MR) is 78.6 cm³/mol. The number of halogens is 1. The van der Waals surface area contributed by atoms with Crippen LogP contribution in [0.3, 0.4) is 0 Å². The van der Waals surface area contributed by atoms with E-state index in [1.165, 1.54) is 22.9 Å². The van der Waals surface area contributed by atoms with Gasteiger partial charge in [0.05, 0.1) is 27.0 Å². The summed E-state index contributed by atoms with van der Waals surface area (Å²) in [6, 6.07) is 4.45. The van der Waals surface area contributed by atoms with Crippen molar-refractivity contribution in [2.75, 3.05) is 12.3 Å². The number of benzene rings is 1. The lowest BCUT2D eigenvalue weighted by molar-refractivity contribution is 0.584. The second kappa shape index (κ2) is 5.43. The molecule has 0 atom stereocenters. The minimum atomic E-state index is -3.54. The van der Waals surface area contributed by atoms with Crippen molar-refractivity contribution in [2.24, 2.45) is 0 Å². The summed E-state index contributed by atoms with van der Waals surface area (Å²) in [7, 11) is -3.54. The first-order valence-corrected chi connectivity index (χ1v) is 7.82. The number of sulfonamides is 1. The highest BCUT2D eigenvalue weighted by atomic mass is 35.5. The molecule has 0 aliphatic carbocycles. The monoisotopic (exact) mass is 314 g/mol. The van der Waals surface area contributed by atoms with Gasteiger partial charge in [0.2, 0.25) is 10.0 Å². The summed E-state index contributed by atoms with van der Waals surface area (Å²) in [4.78, 5) is 0.132. The van der Waals surface area contributed by atoms with Crippen LogP contribution in [0.1, 0.15) is 12.6 Å². The van der Waals surface area contributed by atoms with Crippen molar-refractivity contribution in [1.29, 1.82) is 0 Å². The van der Waals surface area contributed by atoms with Crippen molar-refractivity contribution in [1.82, 2.24) is 14.5 Å². The number of nitrogens with zero attached hydrogens (tertiary/aromatic N) is 2. The first-order valence-electron chi connectivity index (χ1n) is 5.96. The fraction of sp³-hybridized carbons (Fsp3) is 0.250. The molecule has 1 aromatic carbocycles. The third kappa shape index (κ3) is 2.79. The van der Waals surface area contributed by atoms with Crippen molar-refractivity contribution in [3.63, 3.8) is 0 Å². The van der Waals surface area contributed by atoms with Gasteiger partial charge in [0, 0.05) is 12.7 Å². The Kier molecular flexibility index (Phi) is 4.03. The largest absolute Gasteiger partial charge is 0.397 e. The van der Waals surface area contributed by atoms with Crippen molar-refractivity contribution >= 4 is 27.3 Å². The van der Waals surface area contributed by atoms with Gasteiger partial charge in [-0.2, -0.15) is 5.10 Å². The number of nitrogen functional groups attached to an aromatic ring is 1. The van der Waals surface area contributed by atoms with E-state index in [-0.39, 0.29) is 4.90 Å². The Bertz CT molecular complexity index is 720. The van der Waals surface area contributed by atoms with Crippen LogP contribution in [0.5, 0.6) is 0 Å². The van der Waals surface area contributed by atoms with Crippen LogP contribution >= 0.6 is 11.6 Å². The highest BCUT2D eigenvalue weighted by Crippen LogP contribution is 2.23. The van der Waals surface area contributed by atoms with E-state index >= 15 is 0 Å². The maximum absolute atomic E-state index is 12.0. The highest BCUT2D eigenvalue weighted by molar-refractivity contribution is 7.89. The van der Waals surface area contributed by atoms with E-state index < -0.39 is 10.0 Å². The summed E-state index contributed by atoms with van der Waals surface area (Å²) < 4.78 is 27.9. The van der Waals surface area contributed by atoms with E-state index in [1.54, 1.807) is 20.0 Å².